The van der Waals surface area contributed by atoms with Crippen molar-refractivity contribution in [3.05, 3.63) is 23.9 Å². The lowest BCUT2D eigenvalue weighted by Crippen LogP contribution is -2.34. The Morgan fingerprint density at radius 3 is 2.85 bits per heavy atom. The normalized spacial score (nSPS) is 13.8. The first-order valence-corrected chi connectivity index (χ1v) is 7.72. The van der Waals surface area contributed by atoms with Crippen LogP contribution in [0.25, 0.3) is 0 Å². The molecule has 1 rings (SSSR count). The molecule has 0 aliphatic carbocycles. The number of ether oxygens (including phenoxy) is 2. The molecule has 112 valence electrons. The van der Waals surface area contributed by atoms with Crippen molar-refractivity contribution in [3.63, 3.8) is 0 Å². The lowest BCUT2D eigenvalue weighted by atomic mass is 10.3. The molecule has 2 atom stereocenters. The van der Waals surface area contributed by atoms with Crippen LogP contribution in [0.4, 0.5) is 5.82 Å². The molecule has 0 bridgehead atoms. The van der Waals surface area contributed by atoms with Crippen molar-refractivity contribution in [1.82, 2.24) is 4.98 Å². The average Bonchev–Trinajstić information content (AvgIpc) is 2.44. The zero-order chi connectivity index (χ0) is 15.0. The van der Waals surface area contributed by atoms with Crippen LogP contribution in [0.5, 0.6) is 0 Å². The molecular weight excluding hydrogens is 375 g/mol. The third kappa shape index (κ3) is 6.60. The standard InChI is InChI=1S/C13H19IN2O4/c1-9-3-4-12(15-5-9)16-13(18)11(17)7-20-10(2)6-19-8-14/h3-5,10-11,17H,6-8H2,1-2H3,(H,15,16,18). The van der Waals surface area contributed by atoms with Crippen LogP contribution in [0, 0.1) is 6.92 Å². The zero-order valence-corrected chi connectivity index (χ0v) is 13.7. The number of alkyl halides is 1. The number of aryl methyl sites for hydroxylation is 1. The van der Waals surface area contributed by atoms with Gasteiger partial charge < -0.3 is 19.9 Å². The number of halogens is 1. The van der Waals surface area contributed by atoms with Crippen molar-refractivity contribution in [2.24, 2.45) is 0 Å². The number of aliphatic hydroxyl groups excluding tert-OH is 1. The van der Waals surface area contributed by atoms with Gasteiger partial charge in [-0.1, -0.05) is 28.7 Å². The molecule has 0 radical (unpaired) electrons. The van der Waals surface area contributed by atoms with E-state index in [0.29, 0.717) is 17.0 Å². The van der Waals surface area contributed by atoms with Gasteiger partial charge in [-0.05, 0) is 25.5 Å². The molecule has 20 heavy (non-hydrogen) atoms. The van der Waals surface area contributed by atoms with Crippen molar-refractivity contribution < 1.29 is 19.4 Å². The molecule has 0 saturated heterocycles. The summed E-state index contributed by atoms with van der Waals surface area (Å²) in [6.07, 6.45) is 0.229. The van der Waals surface area contributed by atoms with Gasteiger partial charge in [0.05, 0.1) is 23.9 Å². The van der Waals surface area contributed by atoms with Crippen LogP contribution in [-0.4, -0.2) is 46.0 Å². The number of aliphatic hydroxyl groups is 1. The summed E-state index contributed by atoms with van der Waals surface area (Å²) in [6, 6.07) is 3.51. The lowest BCUT2D eigenvalue weighted by molar-refractivity contribution is -0.129. The van der Waals surface area contributed by atoms with Crippen molar-refractivity contribution in [2.75, 3.05) is 23.1 Å². The Morgan fingerprint density at radius 1 is 1.50 bits per heavy atom. The first kappa shape index (κ1) is 17.3. The summed E-state index contributed by atoms with van der Waals surface area (Å²) in [5.41, 5.74) is 0.996. The van der Waals surface area contributed by atoms with E-state index in [9.17, 15) is 9.90 Å². The number of carbonyl (C=O) groups is 1. The van der Waals surface area contributed by atoms with Gasteiger partial charge in [0.15, 0.2) is 6.10 Å². The van der Waals surface area contributed by atoms with E-state index in [-0.39, 0.29) is 12.7 Å². The van der Waals surface area contributed by atoms with Gasteiger partial charge in [-0.3, -0.25) is 4.79 Å². The average molecular weight is 394 g/mol. The monoisotopic (exact) mass is 394 g/mol. The van der Waals surface area contributed by atoms with E-state index in [4.69, 9.17) is 9.47 Å². The number of carbonyl (C=O) groups excluding carboxylic acids is 1. The second-order valence-corrected chi connectivity index (χ2v) is 4.97. The predicted octanol–water partition coefficient (Wildman–Crippen LogP) is 1.50. The molecule has 2 N–H and O–H groups in total. The Bertz CT molecular complexity index is 413. The molecule has 6 nitrogen and oxygen atoms in total. The summed E-state index contributed by atoms with van der Waals surface area (Å²) >= 11 is 2.09. The minimum atomic E-state index is -1.24. The number of amides is 1. The fourth-order valence-electron chi connectivity index (χ4n) is 1.34. The molecule has 0 aromatic carbocycles. The number of hydrogen-bond donors (Lipinski definition) is 2. The van der Waals surface area contributed by atoms with Gasteiger partial charge in [0.25, 0.3) is 5.91 Å². The summed E-state index contributed by atoms with van der Waals surface area (Å²) < 4.78 is 11.1. The smallest absolute Gasteiger partial charge is 0.256 e. The van der Waals surface area contributed by atoms with E-state index in [0.717, 1.165) is 5.56 Å². The number of rotatable bonds is 8. The summed E-state index contributed by atoms with van der Waals surface area (Å²) in [4.78, 5) is 15.7. The largest absolute Gasteiger partial charge is 0.381 e. The topological polar surface area (TPSA) is 80.7 Å². The van der Waals surface area contributed by atoms with Gasteiger partial charge in [-0.2, -0.15) is 0 Å². The zero-order valence-electron chi connectivity index (χ0n) is 11.5. The van der Waals surface area contributed by atoms with E-state index in [1.54, 1.807) is 12.3 Å². The summed E-state index contributed by atoms with van der Waals surface area (Å²) in [5.74, 6) is -0.135. The van der Waals surface area contributed by atoms with E-state index >= 15 is 0 Å². The molecule has 1 heterocycles. The maximum atomic E-state index is 11.7. The van der Waals surface area contributed by atoms with Crippen LogP contribution in [0.2, 0.25) is 0 Å². The van der Waals surface area contributed by atoms with Gasteiger partial charge in [-0.15, -0.1) is 0 Å². The molecule has 0 saturated carbocycles. The Labute approximate surface area is 132 Å². The number of pyridine rings is 1. The summed E-state index contributed by atoms with van der Waals surface area (Å²) in [5, 5.41) is 12.2. The van der Waals surface area contributed by atoms with E-state index < -0.39 is 12.0 Å². The third-order valence-corrected chi connectivity index (χ3v) is 2.87. The number of aromatic nitrogens is 1. The molecule has 1 amide bonds. The van der Waals surface area contributed by atoms with Crippen LogP contribution in [0.15, 0.2) is 18.3 Å². The highest BCUT2D eigenvalue weighted by Crippen LogP contribution is 2.05. The van der Waals surface area contributed by atoms with E-state index in [1.165, 1.54) is 0 Å². The van der Waals surface area contributed by atoms with Crippen LogP contribution in [0.3, 0.4) is 0 Å². The van der Waals surface area contributed by atoms with Crippen LogP contribution < -0.4 is 5.32 Å². The third-order valence-electron chi connectivity index (χ3n) is 2.43. The number of nitrogens with one attached hydrogen (secondary N) is 1. The van der Waals surface area contributed by atoms with Crippen LogP contribution in [0.1, 0.15) is 12.5 Å². The maximum absolute atomic E-state index is 11.7. The van der Waals surface area contributed by atoms with Crippen molar-refractivity contribution in [2.45, 2.75) is 26.1 Å². The number of hydrogen-bond acceptors (Lipinski definition) is 5. The van der Waals surface area contributed by atoms with Gasteiger partial charge in [0.1, 0.15) is 5.82 Å². The van der Waals surface area contributed by atoms with Crippen molar-refractivity contribution >= 4 is 34.3 Å². The molecule has 0 aliphatic rings. The first-order valence-electron chi connectivity index (χ1n) is 6.19. The minimum absolute atomic E-state index is 0.0799. The fraction of sp³-hybridized carbons (Fsp3) is 0.538. The second-order valence-electron chi connectivity index (χ2n) is 4.35. The Hall–Kier alpha value is -0.770. The second kappa shape index (κ2) is 9.22. The van der Waals surface area contributed by atoms with E-state index in [1.807, 2.05) is 19.9 Å². The molecule has 0 aliphatic heterocycles. The summed E-state index contributed by atoms with van der Waals surface area (Å²) in [6.45, 7) is 4.07. The molecule has 7 heteroatoms. The Kier molecular flexibility index (Phi) is 7.97. The lowest BCUT2D eigenvalue weighted by Gasteiger charge is -2.15. The van der Waals surface area contributed by atoms with Gasteiger partial charge in [-0.25, -0.2) is 4.98 Å². The highest BCUT2D eigenvalue weighted by atomic mass is 127. The van der Waals surface area contributed by atoms with Gasteiger partial charge in [0.2, 0.25) is 0 Å². The van der Waals surface area contributed by atoms with Crippen LogP contribution in [-0.2, 0) is 14.3 Å². The molecule has 0 fully saturated rings. The fourth-order valence-corrected chi connectivity index (χ4v) is 1.60. The van der Waals surface area contributed by atoms with Crippen LogP contribution >= 0.6 is 22.6 Å². The molecule has 0 spiro atoms. The minimum Gasteiger partial charge on any atom is -0.381 e. The Balaban J connectivity index is 2.33. The predicted molar refractivity (Wildman–Crippen MR) is 83.9 cm³/mol. The number of nitrogens with zero attached hydrogens (tertiary/aromatic N) is 1. The van der Waals surface area contributed by atoms with Crippen molar-refractivity contribution in [1.29, 1.82) is 0 Å². The molecule has 1 aromatic rings. The highest BCUT2D eigenvalue weighted by Gasteiger charge is 2.17. The molecule has 2 unspecified atom stereocenters. The van der Waals surface area contributed by atoms with E-state index in [2.05, 4.69) is 32.9 Å². The first-order chi connectivity index (χ1) is 9.52. The van der Waals surface area contributed by atoms with Gasteiger partial charge in [0, 0.05) is 6.20 Å². The quantitative estimate of drug-likeness (QED) is 0.516. The maximum Gasteiger partial charge on any atom is 0.256 e. The molecular formula is C13H19IN2O4. The Morgan fingerprint density at radius 2 is 2.25 bits per heavy atom. The summed E-state index contributed by atoms with van der Waals surface area (Å²) in [7, 11) is 0. The molecule has 1 aromatic heterocycles. The van der Waals surface area contributed by atoms with Crippen molar-refractivity contribution in [3.8, 4) is 0 Å². The van der Waals surface area contributed by atoms with Gasteiger partial charge >= 0.3 is 0 Å². The SMILES string of the molecule is Cc1ccc(NC(=O)C(O)COC(C)COCI)nc1. The highest BCUT2D eigenvalue weighted by molar-refractivity contribution is 14.1. The number of anilines is 1.